The normalized spacial score (nSPS) is 13.3. The van der Waals surface area contributed by atoms with Crippen molar-refractivity contribution in [1.29, 1.82) is 0 Å². The molecule has 4 rings (SSSR count). The highest BCUT2D eigenvalue weighted by atomic mass is 16.5. The van der Waals surface area contributed by atoms with Crippen LogP contribution in [0.15, 0.2) is 47.3 Å². The summed E-state index contributed by atoms with van der Waals surface area (Å²) in [7, 11) is 7.86. The summed E-state index contributed by atoms with van der Waals surface area (Å²) in [5.41, 5.74) is 4.37. The molecule has 0 saturated heterocycles. The van der Waals surface area contributed by atoms with Gasteiger partial charge in [0.2, 0.25) is 23.0 Å². The van der Waals surface area contributed by atoms with E-state index in [2.05, 4.69) is 16.0 Å². The molecule has 0 aliphatic heterocycles. The molecule has 1 aliphatic rings. The zero-order valence-electron chi connectivity index (χ0n) is 27.3. The lowest BCUT2D eigenvalue weighted by Gasteiger charge is -2.19. The van der Waals surface area contributed by atoms with Crippen LogP contribution >= 0.6 is 0 Å². The monoisotopic (exact) mass is 633 g/mol. The van der Waals surface area contributed by atoms with E-state index >= 15 is 0 Å². The Morgan fingerprint density at radius 1 is 0.826 bits per heavy atom. The van der Waals surface area contributed by atoms with Gasteiger partial charge in [-0.05, 0) is 78.3 Å². The van der Waals surface area contributed by atoms with E-state index in [1.54, 1.807) is 47.7 Å². The van der Waals surface area contributed by atoms with E-state index in [4.69, 9.17) is 23.7 Å². The number of anilines is 1. The second kappa shape index (κ2) is 15.9. The number of nitrogens with one attached hydrogen (secondary N) is 3. The third kappa shape index (κ3) is 7.82. The van der Waals surface area contributed by atoms with Crippen LogP contribution in [0.3, 0.4) is 0 Å². The minimum Gasteiger partial charge on any atom is -0.493 e. The van der Waals surface area contributed by atoms with Crippen LogP contribution in [-0.2, 0) is 22.4 Å². The third-order valence-electron chi connectivity index (χ3n) is 8.00. The van der Waals surface area contributed by atoms with Crippen LogP contribution in [0.5, 0.6) is 28.7 Å². The summed E-state index contributed by atoms with van der Waals surface area (Å²) in [6.07, 6.45) is 2.68. The summed E-state index contributed by atoms with van der Waals surface area (Å²) in [5, 5.41) is 9.16. The summed E-state index contributed by atoms with van der Waals surface area (Å²) < 4.78 is 27.7. The fourth-order valence-corrected chi connectivity index (χ4v) is 5.80. The molecule has 0 fully saturated rings. The Balaban J connectivity index is 1.48. The van der Waals surface area contributed by atoms with Crippen molar-refractivity contribution in [3.8, 4) is 39.9 Å². The number of carbonyl (C=O) groups excluding carboxylic acids is 2. The molecule has 0 spiro atoms. The molecule has 3 N–H and O–H groups in total. The minimum atomic E-state index is -0.391. The average Bonchev–Trinajstić information content (AvgIpc) is 3.30. The maximum Gasteiger partial charge on any atom is 0.220 e. The van der Waals surface area contributed by atoms with Crippen molar-refractivity contribution in [2.75, 3.05) is 54.0 Å². The maximum atomic E-state index is 13.5. The van der Waals surface area contributed by atoms with Gasteiger partial charge >= 0.3 is 0 Å². The smallest absolute Gasteiger partial charge is 0.220 e. The largest absolute Gasteiger partial charge is 0.493 e. The van der Waals surface area contributed by atoms with Gasteiger partial charge in [0.1, 0.15) is 0 Å². The van der Waals surface area contributed by atoms with Gasteiger partial charge in [0, 0.05) is 32.0 Å². The van der Waals surface area contributed by atoms with Crippen LogP contribution in [-0.4, -0.2) is 60.5 Å². The number of ether oxygens (including phenoxy) is 5. The summed E-state index contributed by atoms with van der Waals surface area (Å²) in [5.74, 6) is 2.52. The van der Waals surface area contributed by atoms with Gasteiger partial charge in [0.25, 0.3) is 0 Å². The molecule has 0 heterocycles. The third-order valence-corrected chi connectivity index (χ3v) is 8.00. The van der Waals surface area contributed by atoms with Crippen LogP contribution in [0, 0.1) is 0 Å². The maximum absolute atomic E-state index is 13.5. The molecular weight excluding hydrogens is 590 g/mol. The fourth-order valence-electron chi connectivity index (χ4n) is 5.80. The summed E-state index contributed by atoms with van der Waals surface area (Å²) in [6, 6.07) is 12.4. The van der Waals surface area contributed by atoms with Crippen molar-refractivity contribution in [1.82, 2.24) is 10.6 Å². The molecule has 11 heteroatoms. The number of rotatable bonds is 14. The number of hydrogen-bond acceptors (Lipinski definition) is 9. The molecule has 46 heavy (non-hydrogen) atoms. The molecule has 11 nitrogen and oxygen atoms in total. The Hall–Kier alpha value is -4.93. The number of amides is 2. The van der Waals surface area contributed by atoms with E-state index in [1.807, 2.05) is 30.3 Å². The number of aryl methyl sites for hydroxylation is 1. The van der Waals surface area contributed by atoms with Crippen LogP contribution in [0.1, 0.15) is 48.9 Å². The standard InChI is InChI=1S/C35H43N3O8/c1-21(39)38-26-12-10-23-19-31(44-4)34(45-5)35(46-6)33(23)24-11-13-27(28(40)20-25(24)26)36-16-7-8-32(41)37-17-15-22-9-14-29(42-2)30(18-22)43-3/h9,11,13-14,18-20,26H,7-8,10,12,15-17H2,1-6H3,(H,36,40)(H,37,41)(H,38,39). The Morgan fingerprint density at radius 3 is 2.24 bits per heavy atom. The first-order valence-electron chi connectivity index (χ1n) is 15.2. The van der Waals surface area contributed by atoms with Gasteiger partial charge in [-0.15, -0.1) is 0 Å². The highest BCUT2D eigenvalue weighted by Crippen LogP contribution is 2.50. The van der Waals surface area contributed by atoms with E-state index in [1.165, 1.54) is 6.92 Å². The molecule has 1 atom stereocenters. The number of hydrogen-bond donors (Lipinski definition) is 3. The lowest BCUT2D eigenvalue weighted by molar-refractivity contribution is -0.121. The fraction of sp³-hybridized carbons (Fsp3) is 0.400. The van der Waals surface area contributed by atoms with Crippen LogP contribution < -0.4 is 45.1 Å². The second-order valence-electron chi connectivity index (χ2n) is 10.9. The van der Waals surface area contributed by atoms with Crippen molar-refractivity contribution in [3.63, 3.8) is 0 Å². The van der Waals surface area contributed by atoms with Gasteiger partial charge in [0.15, 0.2) is 23.0 Å². The highest BCUT2D eigenvalue weighted by Gasteiger charge is 2.29. The molecule has 3 aromatic rings. The molecule has 0 radical (unpaired) electrons. The molecule has 0 saturated carbocycles. The van der Waals surface area contributed by atoms with Crippen LogP contribution in [0.2, 0.25) is 0 Å². The number of carbonyl (C=O) groups is 2. The Morgan fingerprint density at radius 2 is 1.57 bits per heavy atom. The van der Waals surface area contributed by atoms with Gasteiger partial charge in [0.05, 0.1) is 47.3 Å². The Labute approximate surface area is 269 Å². The van der Waals surface area contributed by atoms with E-state index in [0.29, 0.717) is 85.2 Å². The predicted octanol–water partition coefficient (Wildman–Crippen LogP) is 4.43. The summed E-state index contributed by atoms with van der Waals surface area (Å²) in [6.45, 7) is 2.38. The van der Waals surface area contributed by atoms with Gasteiger partial charge in [-0.25, -0.2) is 0 Å². The highest BCUT2D eigenvalue weighted by molar-refractivity contribution is 5.84. The predicted molar refractivity (Wildman–Crippen MR) is 177 cm³/mol. The van der Waals surface area contributed by atoms with E-state index in [-0.39, 0.29) is 17.2 Å². The van der Waals surface area contributed by atoms with Gasteiger partial charge < -0.3 is 39.6 Å². The quantitative estimate of drug-likeness (QED) is 0.221. The molecule has 1 unspecified atom stereocenters. The topological polar surface area (TPSA) is 133 Å². The first kappa shape index (κ1) is 34.0. The SMILES string of the molecule is COc1ccc(CCNC(=O)CCCNc2ccc3c(cc2=O)C(NC(C)=O)CCc2cc(OC)c(OC)c(OC)c2-3)cc1OC. The van der Waals surface area contributed by atoms with Crippen molar-refractivity contribution < 1.29 is 33.3 Å². The molecule has 0 aromatic heterocycles. The van der Waals surface area contributed by atoms with Gasteiger partial charge in [-0.2, -0.15) is 0 Å². The average molecular weight is 634 g/mol. The zero-order valence-corrected chi connectivity index (χ0v) is 27.3. The van der Waals surface area contributed by atoms with Crippen molar-refractivity contribution in [2.45, 2.75) is 45.1 Å². The van der Waals surface area contributed by atoms with E-state index < -0.39 is 6.04 Å². The molecule has 1 aliphatic carbocycles. The lowest BCUT2D eigenvalue weighted by Crippen LogP contribution is -2.26. The number of benzene rings is 2. The van der Waals surface area contributed by atoms with Crippen LogP contribution in [0.25, 0.3) is 11.1 Å². The molecule has 246 valence electrons. The van der Waals surface area contributed by atoms with E-state index in [0.717, 1.165) is 22.3 Å². The number of fused-ring (bicyclic) bond motifs is 3. The van der Waals surface area contributed by atoms with Crippen LogP contribution in [0.4, 0.5) is 5.69 Å². The first-order chi connectivity index (χ1) is 22.2. The Bertz CT molecular complexity index is 1620. The minimum absolute atomic E-state index is 0.0684. The molecule has 0 bridgehead atoms. The first-order valence-corrected chi connectivity index (χ1v) is 15.2. The van der Waals surface area contributed by atoms with Crippen molar-refractivity contribution >= 4 is 17.5 Å². The summed E-state index contributed by atoms with van der Waals surface area (Å²) in [4.78, 5) is 38.1. The van der Waals surface area contributed by atoms with E-state index in [9.17, 15) is 14.4 Å². The zero-order chi connectivity index (χ0) is 33.2. The molecule has 3 aromatic carbocycles. The van der Waals surface area contributed by atoms with Crippen molar-refractivity contribution in [2.24, 2.45) is 0 Å². The van der Waals surface area contributed by atoms with Crippen molar-refractivity contribution in [3.05, 3.63) is 69.4 Å². The molecule has 2 amide bonds. The number of methoxy groups -OCH3 is 5. The van der Waals surface area contributed by atoms with Gasteiger partial charge in [-0.1, -0.05) is 12.1 Å². The Kier molecular flexibility index (Phi) is 11.7. The summed E-state index contributed by atoms with van der Waals surface area (Å²) >= 11 is 0. The lowest BCUT2D eigenvalue weighted by atomic mass is 9.95. The van der Waals surface area contributed by atoms with Gasteiger partial charge in [-0.3, -0.25) is 14.4 Å². The molecular formula is C35H43N3O8. The second-order valence-corrected chi connectivity index (χ2v) is 10.9.